The zero-order valence-corrected chi connectivity index (χ0v) is 21.2. The van der Waals surface area contributed by atoms with E-state index in [4.69, 9.17) is 5.10 Å². The Bertz CT molecular complexity index is 1520. The molecule has 0 radical (unpaired) electrons. The molecule has 5 rings (SSSR count). The first-order chi connectivity index (χ1) is 18.5. The van der Waals surface area contributed by atoms with Crippen LogP contribution in [-0.2, 0) is 11.3 Å². The van der Waals surface area contributed by atoms with Gasteiger partial charge in [-0.15, -0.1) is 13.2 Å². The number of aromatic nitrogens is 5. The van der Waals surface area contributed by atoms with Gasteiger partial charge >= 0.3 is 6.36 Å². The number of ether oxygens (including phenoxy) is 1. The molecule has 1 aromatic carbocycles. The first-order valence-corrected chi connectivity index (χ1v) is 12.0. The number of likely N-dealkylation sites (tertiary alicyclic amines) is 1. The highest BCUT2D eigenvalue weighted by Crippen LogP contribution is 2.38. The van der Waals surface area contributed by atoms with Gasteiger partial charge in [0, 0.05) is 43.5 Å². The number of fused-ring (bicyclic) bond motifs is 1. The lowest BCUT2D eigenvalue weighted by Gasteiger charge is -2.38. The zero-order valence-electron chi connectivity index (χ0n) is 21.2. The van der Waals surface area contributed by atoms with Gasteiger partial charge in [0.05, 0.1) is 29.5 Å². The molecule has 9 nitrogen and oxygen atoms in total. The van der Waals surface area contributed by atoms with Crippen LogP contribution in [0, 0.1) is 0 Å². The minimum Gasteiger partial charge on any atom is -0.406 e. The van der Waals surface area contributed by atoms with Gasteiger partial charge in [-0.05, 0) is 50.0 Å². The Morgan fingerprint density at radius 1 is 1.18 bits per heavy atom. The molecule has 0 atom stereocenters. The summed E-state index contributed by atoms with van der Waals surface area (Å²) < 4.78 is 58.6. The summed E-state index contributed by atoms with van der Waals surface area (Å²) in [5, 5.41) is 9.97. The quantitative estimate of drug-likeness (QED) is 0.245. The first kappa shape index (κ1) is 26.4. The van der Waals surface area contributed by atoms with E-state index in [9.17, 15) is 22.4 Å². The standard InChI is InChI=1S/C26H25F4N7O2/c1-16(27)25(38)35-13-18(14-35)23-22-21(17-12-32-36(15-17)11-10-34(2)3)8-9-31-24(22)37(33-23)19-4-6-20(7-5-19)39-26(28,29)30/h4-9,12,15,18H,1,10-11,13-14H2,2-3H3. The molecule has 1 aliphatic heterocycles. The van der Waals surface area contributed by atoms with Crippen molar-refractivity contribution in [2.45, 2.75) is 18.8 Å². The van der Waals surface area contributed by atoms with Crippen molar-refractivity contribution in [1.29, 1.82) is 0 Å². The van der Waals surface area contributed by atoms with Crippen LogP contribution in [0.1, 0.15) is 11.6 Å². The molecule has 1 fully saturated rings. The molecule has 3 aromatic heterocycles. The van der Waals surface area contributed by atoms with E-state index in [0.717, 1.165) is 23.1 Å². The van der Waals surface area contributed by atoms with E-state index < -0.39 is 18.1 Å². The van der Waals surface area contributed by atoms with Crippen LogP contribution in [0.3, 0.4) is 0 Å². The number of hydrogen-bond acceptors (Lipinski definition) is 6. The predicted molar refractivity (Wildman–Crippen MR) is 135 cm³/mol. The third-order valence-electron chi connectivity index (χ3n) is 6.42. The van der Waals surface area contributed by atoms with E-state index in [-0.39, 0.29) is 24.8 Å². The molecule has 0 spiro atoms. The fourth-order valence-electron chi connectivity index (χ4n) is 4.48. The van der Waals surface area contributed by atoms with Crippen molar-refractivity contribution >= 4 is 16.9 Å². The number of benzene rings is 1. The molecule has 1 amide bonds. The molecule has 0 bridgehead atoms. The van der Waals surface area contributed by atoms with Crippen molar-refractivity contribution in [2.75, 3.05) is 33.7 Å². The number of carbonyl (C=O) groups is 1. The van der Waals surface area contributed by atoms with Crippen LogP contribution in [0.2, 0.25) is 0 Å². The number of alkyl halides is 3. The van der Waals surface area contributed by atoms with Gasteiger partial charge in [0.15, 0.2) is 11.5 Å². The number of pyridine rings is 1. The maximum absolute atomic E-state index is 13.4. The molecular formula is C26H25F4N7O2. The summed E-state index contributed by atoms with van der Waals surface area (Å²) >= 11 is 0. The van der Waals surface area contributed by atoms with Gasteiger partial charge in [-0.1, -0.05) is 6.58 Å². The predicted octanol–water partition coefficient (Wildman–Crippen LogP) is 4.15. The van der Waals surface area contributed by atoms with E-state index in [2.05, 4.69) is 26.3 Å². The third-order valence-corrected chi connectivity index (χ3v) is 6.42. The highest BCUT2D eigenvalue weighted by atomic mass is 19.4. The van der Waals surface area contributed by atoms with Gasteiger partial charge in [0.1, 0.15) is 5.75 Å². The number of likely N-dealkylation sites (N-methyl/N-ethyl adjacent to an activating group) is 1. The van der Waals surface area contributed by atoms with Gasteiger partial charge in [-0.3, -0.25) is 9.48 Å². The van der Waals surface area contributed by atoms with Crippen LogP contribution in [0.15, 0.2) is 61.3 Å². The van der Waals surface area contributed by atoms with Crippen LogP contribution in [0.5, 0.6) is 5.75 Å². The summed E-state index contributed by atoms with van der Waals surface area (Å²) in [6.45, 7) is 5.05. The molecule has 13 heteroatoms. The van der Waals surface area contributed by atoms with Crippen molar-refractivity contribution in [1.82, 2.24) is 34.3 Å². The highest BCUT2D eigenvalue weighted by molar-refractivity contribution is 5.96. The van der Waals surface area contributed by atoms with Crippen LogP contribution >= 0.6 is 0 Å². The second kappa shape index (κ2) is 10.1. The summed E-state index contributed by atoms with van der Waals surface area (Å²) in [6.07, 6.45) is 0.492. The summed E-state index contributed by atoms with van der Waals surface area (Å²) in [5.41, 5.74) is 3.23. The van der Waals surface area contributed by atoms with Gasteiger partial charge in [0.25, 0.3) is 5.91 Å². The van der Waals surface area contributed by atoms with Crippen LogP contribution in [0.4, 0.5) is 17.6 Å². The topological polar surface area (TPSA) is 81.3 Å². The van der Waals surface area contributed by atoms with Crippen molar-refractivity contribution in [2.24, 2.45) is 0 Å². The molecule has 0 aliphatic carbocycles. The molecule has 0 N–H and O–H groups in total. The number of carbonyl (C=O) groups excluding carboxylic acids is 1. The zero-order chi connectivity index (χ0) is 27.9. The molecule has 4 aromatic rings. The fourth-order valence-corrected chi connectivity index (χ4v) is 4.48. The number of nitrogens with zero attached hydrogens (tertiary/aromatic N) is 7. The Morgan fingerprint density at radius 3 is 2.54 bits per heavy atom. The number of rotatable bonds is 8. The lowest BCUT2D eigenvalue weighted by Crippen LogP contribution is -2.48. The lowest BCUT2D eigenvalue weighted by molar-refractivity contribution is -0.274. The lowest BCUT2D eigenvalue weighted by atomic mass is 9.92. The Labute approximate surface area is 220 Å². The largest absolute Gasteiger partial charge is 0.573 e. The maximum atomic E-state index is 13.4. The van der Waals surface area contributed by atoms with Crippen LogP contribution in [0.25, 0.3) is 27.8 Å². The van der Waals surface area contributed by atoms with E-state index in [1.165, 1.54) is 29.2 Å². The van der Waals surface area contributed by atoms with E-state index in [1.807, 2.05) is 31.0 Å². The number of amides is 1. The van der Waals surface area contributed by atoms with Crippen molar-refractivity contribution in [3.63, 3.8) is 0 Å². The monoisotopic (exact) mass is 543 g/mol. The summed E-state index contributed by atoms with van der Waals surface area (Å²) in [6, 6.07) is 7.15. The average Bonchev–Trinajstić information content (AvgIpc) is 3.47. The highest BCUT2D eigenvalue weighted by Gasteiger charge is 2.37. The van der Waals surface area contributed by atoms with Gasteiger partial charge < -0.3 is 14.5 Å². The van der Waals surface area contributed by atoms with Crippen LogP contribution in [-0.4, -0.2) is 80.3 Å². The molecule has 4 heterocycles. The Kier molecular flexibility index (Phi) is 6.85. The number of hydrogen-bond donors (Lipinski definition) is 0. The molecule has 1 saturated heterocycles. The molecular weight excluding hydrogens is 518 g/mol. The second-order valence-corrected chi connectivity index (χ2v) is 9.50. The minimum absolute atomic E-state index is 0.211. The molecule has 0 unspecified atom stereocenters. The first-order valence-electron chi connectivity index (χ1n) is 12.0. The molecule has 204 valence electrons. The normalized spacial score (nSPS) is 14.2. The molecule has 1 aliphatic rings. The summed E-state index contributed by atoms with van der Waals surface area (Å²) in [5.74, 6) is -2.37. The maximum Gasteiger partial charge on any atom is 0.573 e. The average molecular weight is 544 g/mol. The van der Waals surface area contributed by atoms with Gasteiger partial charge in [-0.2, -0.15) is 10.2 Å². The Morgan fingerprint density at radius 2 is 1.90 bits per heavy atom. The van der Waals surface area contributed by atoms with E-state index >= 15 is 0 Å². The van der Waals surface area contributed by atoms with E-state index in [1.54, 1.807) is 17.1 Å². The van der Waals surface area contributed by atoms with Crippen molar-refractivity contribution in [3.05, 3.63) is 67.0 Å². The van der Waals surface area contributed by atoms with Crippen molar-refractivity contribution < 1.29 is 27.1 Å². The summed E-state index contributed by atoms with van der Waals surface area (Å²) in [7, 11) is 3.95. The Balaban J connectivity index is 1.56. The molecule has 0 saturated carbocycles. The fraction of sp³-hybridized carbons (Fsp3) is 0.308. The van der Waals surface area contributed by atoms with Crippen molar-refractivity contribution in [3.8, 4) is 22.6 Å². The summed E-state index contributed by atoms with van der Waals surface area (Å²) in [4.78, 5) is 20.0. The molecule has 39 heavy (non-hydrogen) atoms. The van der Waals surface area contributed by atoms with E-state index in [0.29, 0.717) is 23.6 Å². The van der Waals surface area contributed by atoms with Crippen LogP contribution < -0.4 is 4.74 Å². The smallest absolute Gasteiger partial charge is 0.406 e. The van der Waals surface area contributed by atoms with Gasteiger partial charge in [0.2, 0.25) is 0 Å². The minimum atomic E-state index is -4.81. The third kappa shape index (κ3) is 5.48. The second-order valence-electron chi connectivity index (χ2n) is 9.50. The SMILES string of the molecule is C=C(F)C(=O)N1CC(c2nn(-c3ccc(OC(F)(F)F)cc3)c3nccc(-c4cnn(CCN(C)C)c4)c23)C1. The Hall–Kier alpha value is -4.26. The number of halogens is 4. The van der Waals surface area contributed by atoms with Gasteiger partial charge in [-0.25, -0.2) is 14.1 Å².